The summed E-state index contributed by atoms with van der Waals surface area (Å²) in [5, 5.41) is 40.5. The fourth-order valence-electron chi connectivity index (χ4n) is 4.42. The van der Waals surface area contributed by atoms with Gasteiger partial charge in [0.05, 0.1) is 22.6 Å². The van der Waals surface area contributed by atoms with Crippen molar-refractivity contribution in [2.75, 3.05) is 55.0 Å². The van der Waals surface area contributed by atoms with E-state index in [0.717, 1.165) is 30.8 Å². The van der Waals surface area contributed by atoms with Crippen LogP contribution in [0.1, 0.15) is 6.42 Å². The number of fused-ring (bicyclic) bond motifs is 1. The summed E-state index contributed by atoms with van der Waals surface area (Å²) in [7, 11) is -7.57. The van der Waals surface area contributed by atoms with Gasteiger partial charge in [0.25, 0.3) is 20.2 Å². The summed E-state index contributed by atoms with van der Waals surface area (Å²) < 4.78 is 67.3. The molecule has 0 aliphatic heterocycles. The second-order valence-corrected chi connectivity index (χ2v) is 12.6. The summed E-state index contributed by atoms with van der Waals surface area (Å²) in [6, 6.07) is 14.1. The molecule has 0 aliphatic rings. The Bertz CT molecular complexity index is 1950. The third kappa shape index (κ3) is 8.56. The maximum Gasteiger partial charge on any atom is 0.296 e. The van der Waals surface area contributed by atoms with Crippen LogP contribution in [0.25, 0.3) is 10.8 Å². The Morgan fingerprint density at radius 3 is 2.11 bits per heavy atom. The summed E-state index contributed by atoms with van der Waals surface area (Å²) in [5.74, 6) is -0.567. The number of azo groups is 1. The smallest absolute Gasteiger partial charge is 0.296 e. The molecule has 15 nitrogen and oxygen atoms in total. The number of anilines is 5. The lowest BCUT2D eigenvalue weighted by molar-refractivity contribution is 0.311. The SMILES string of the molecule is CNCCCNc1cc(NCCO)cc(Nc2ccc(N=Nc3c(N)ccc4cc(S(=O)(=O)O)cc(O)c34)c(S(=O)(=O)O)c2)c1. The van der Waals surface area contributed by atoms with Crippen LogP contribution in [0.5, 0.6) is 5.75 Å². The minimum Gasteiger partial charge on any atom is -0.507 e. The molecule has 45 heavy (non-hydrogen) atoms. The lowest BCUT2D eigenvalue weighted by Gasteiger charge is -2.15. The molecule has 10 N–H and O–H groups in total. The van der Waals surface area contributed by atoms with Crippen LogP contribution < -0.4 is 27.0 Å². The van der Waals surface area contributed by atoms with Crippen molar-refractivity contribution in [1.82, 2.24) is 5.32 Å². The van der Waals surface area contributed by atoms with Crippen molar-refractivity contribution in [2.24, 2.45) is 10.2 Å². The van der Waals surface area contributed by atoms with Crippen molar-refractivity contribution in [3.63, 3.8) is 0 Å². The van der Waals surface area contributed by atoms with E-state index in [2.05, 4.69) is 31.5 Å². The van der Waals surface area contributed by atoms with E-state index in [4.69, 9.17) is 5.73 Å². The number of nitrogen functional groups attached to an aromatic ring is 1. The first kappa shape index (κ1) is 33.4. The molecule has 0 amide bonds. The van der Waals surface area contributed by atoms with Crippen LogP contribution >= 0.6 is 0 Å². The topological polar surface area (TPSA) is 248 Å². The quantitative estimate of drug-likeness (QED) is 0.0399. The Kier molecular flexibility index (Phi) is 10.4. The molecule has 0 radical (unpaired) electrons. The molecule has 0 aromatic heterocycles. The summed E-state index contributed by atoms with van der Waals surface area (Å²) >= 11 is 0. The van der Waals surface area contributed by atoms with Gasteiger partial charge >= 0.3 is 0 Å². The molecule has 4 aromatic rings. The third-order valence-electron chi connectivity index (χ3n) is 6.46. The highest BCUT2D eigenvalue weighted by molar-refractivity contribution is 7.86. The van der Waals surface area contributed by atoms with Gasteiger partial charge in [-0.3, -0.25) is 9.11 Å². The number of hydrogen-bond acceptors (Lipinski definition) is 13. The highest BCUT2D eigenvalue weighted by Crippen LogP contribution is 2.41. The first-order valence-electron chi connectivity index (χ1n) is 13.5. The van der Waals surface area contributed by atoms with E-state index in [0.29, 0.717) is 30.2 Å². The molecular formula is C28H33N7O8S2. The second kappa shape index (κ2) is 14.1. The molecule has 0 heterocycles. The summed E-state index contributed by atoms with van der Waals surface area (Å²) in [5.41, 5.74) is 8.06. The second-order valence-electron chi connectivity index (χ2n) is 9.83. The molecule has 0 unspecified atom stereocenters. The van der Waals surface area contributed by atoms with E-state index in [1.807, 2.05) is 19.2 Å². The highest BCUT2D eigenvalue weighted by Gasteiger charge is 2.19. The maximum atomic E-state index is 12.4. The third-order valence-corrected chi connectivity index (χ3v) is 8.18. The van der Waals surface area contributed by atoms with E-state index in [-0.39, 0.29) is 34.4 Å². The first-order valence-corrected chi connectivity index (χ1v) is 16.4. The van der Waals surface area contributed by atoms with Crippen molar-refractivity contribution in [3.05, 3.63) is 60.7 Å². The van der Waals surface area contributed by atoms with E-state index in [1.54, 1.807) is 6.07 Å². The van der Waals surface area contributed by atoms with Gasteiger partial charge in [0.2, 0.25) is 0 Å². The van der Waals surface area contributed by atoms with Crippen LogP contribution in [0.2, 0.25) is 0 Å². The Morgan fingerprint density at radius 1 is 0.778 bits per heavy atom. The monoisotopic (exact) mass is 659 g/mol. The number of aromatic hydroxyl groups is 1. The molecule has 0 atom stereocenters. The average Bonchev–Trinajstić information content (AvgIpc) is 2.97. The van der Waals surface area contributed by atoms with E-state index in [1.165, 1.54) is 30.3 Å². The van der Waals surface area contributed by atoms with Crippen LogP contribution in [-0.2, 0) is 20.2 Å². The van der Waals surface area contributed by atoms with E-state index < -0.39 is 35.8 Å². The Labute approximate surface area is 259 Å². The Morgan fingerprint density at radius 2 is 1.47 bits per heavy atom. The largest absolute Gasteiger partial charge is 0.507 e. The van der Waals surface area contributed by atoms with Crippen LogP contribution in [0.3, 0.4) is 0 Å². The minimum atomic E-state index is -4.81. The normalized spacial score (nSPS) is 12.1. The summed E-state index contributed by atoms with van der Waals surface area (Å²) in [6.07, 6.45) is 0.872. The summed E-state index contributed by atoms with van der Waals surface area (Å²) in [4.78, 5) is -1.13. The molecule has 0 aliphatic carbocycles. The van der Waals surface area contributed by atoms with Crippen molar-refractivity contribution in [3.8, 4) is 5.75 Å². The van der Waals surface area contributed by atoms with Crippen molar-refractivity contribution >= 4 is 70.8 Å². The van der Waals surface area contributed by atoms with E-state index >= 15 is 0 Å². The molecule has 4 aromatic carbocycles. The molecule has 0 spiro atoms. The van der Waals surface area contributed by atoms with Gasteiger partial charge in [0.15, 0.2) is 0 Å². The molecule has 0 saturated heterocycles. The van der Waals surface area contributed by atoms with Crippen LogP contribution in [0, 0.1) is 0 Å². The van der Waals surface area contributed by atoms with Crippen molar-refractivity contribution in [2.45, 2.75) is 16.2 Å². The fraction of sp³-hybridized carbons (Fsp3) is 0.214. The zero-order valence-electron chi connectivity index (χ0n) is 24.0. The number of aliphatic hydroxyl groups is 1. The molecular weight excluding hydrogens is 626 g/mol. The predicted molar refractivity (Wildman–Crippen MR) is 173 cm³/mol. The number of nitrogens with two attached hydrogens (primary N) is 1. The fourth-order valence-corrected chi connectivity index (χ4v) is 5.61. The maximum absolute atomic E-state index is 12.4. The number of nitrogens with zero attached hydrogens (tertiary/aromatic N) is 2. The highest BCUT2D eigenvalue weighted by atomic mass is 32.2. The lowest BCUT2D eigenvalue weighted by atomic mass is 10.1. The average molecular weight is 660 g/mol. The number of benzene rings is 4. The number of rotatable bonds is 14. The van der Waals surface area contributed by atoms with Gasteiger partial charge in [-0.15, -0.1) is 10.2 Å². The van der Waals surface area contributed by atoms with Gasteiger partial charge in [0.1, 0.15) is 22.0 Å². The Balaban J connectivity index is 1.70. The van der Waals surface area contributed by atoms with Crippen molar-refractivity contribution < 1.29 is 36.2 Å². The first-order chi connectivity index (χ1) is 21.3. The molecule has 4 rings (SSSR count). The number of hydrogen-bond donors (Lipinski definition) is 9. The van der Waals surface area contributed by atoms with Gasteiger partial charge in [-0.2, -0.15) is 16.8 Å². The van der Waals surface area contributed by atoms with Gasteiger partial charge in [-0.1, -0.05) is 6.07 Å². The predicted octanol–water partition coefficient (Wildman–Crippen LogP) is 4.21. The van der Waals surface area contributed by atoms with Gasteiger partial charge in [0, 0.05) is 41.9 Å². The standard InChI is InChI=1S/C28H33N7O8S2/c1-30-7-2-8-31-19-12-20(32-9-10-36)14-21(13-19)33-18-4-6-24(26(15-18)45(41,42)43)34-35-28-23(29)5-3-17-11-22(44(38,39)40)16-25(37)27(17)28/h3-6,11-16,30-33,36-37H,2,7-10,29H2,1H3,(H,38,39,40)(H,41,42,43). The van der Waals surface area contributed by atoms with Crippen LogP contribution in [0.4, 0.5) is 39.8 Å². The summed E-state index contributed by atoms with van der Waals surface area (Å²) in [6.45, 7) is 1.75. The van der Waals surface area contributed by atoms with Gasteiger partial charge in [-0.05, 0) is 73.9 Å². The molecule has 17 heteroatoms. The molecule has 240 valence electrons. The molecule has 0 saturated carbocycles. The molecule has 0 fully saturated rings. The van der Waals surface area contributed by atoms with Crippen LogP contribution in [-0.4, -0.2) is 69.4 Å². The zero-order chi connectivity index (χ0) is 32.8. The lowest BCUT2D eigenvalue weighted by Crippen LogP contribution is -2.13. The zero-order valence-corrected chi connectivity index (χ0v) is 25.7. The van der Waals surface area contributed by atoms with Gasteiger partial charge < -0.3 is 37.2 Å². The number of aliphatic hydroxyl groups excluding tert-OH is 1. The number of phenolic OH excluding ortho intramolecular Hbond substituents is 1. The Hall–Kier alpha value is -4.52. The van der Waals surface area contributed by atoms with Crippen LogP contribution in [0.15, 0.2) is 80.7 Å². The van der Waals surface area contributed by atoms with E-state index in [9.17, 15) is 36.2 Å². The number of nitrogens with one attached hydrogen (secondary N) is 4. The number of phenols is 1. The minimum absolute atomic E-state index is 0.00269. The van der Waals surface area contributed by atoms with Crippen molar-refractivity contribution in [1.29, 1.82) is 0 Å². The van der Waals surface area contributed by atoms with Gasteiger partial charge in [-0.25, -0.2) is 0 Å². The molecule has 0 bridgehead atoms.